The molecule has 0 aromatic heterocycles. The summed E-state index contributed by atoms with van der Waals surface area (Å²) in [6.45, 7) is 5.31. The molecule has 0 spiro atoms. The first-order valence-corrected chi connectivity index (χ1v) is 6.19. The van der Waals surface area contributed by atoms with E-state index in [9.17, 15) is 9.59 Å². The first kappa shape index (κ1) is 11.9. The summed E-state index contributed by atoms with van der Waals surface area (Å²) in [6, 6.07) is 0. The molecule has 4 nitrogen and oxygen atoms in total. The smallest absolute Gasteiger partial charge is 0.233 e. The molecule has 0 aromatic carbocycles. The number of ether oxygens (including phenoxy) is 1. The van der Waals surface area contributed by atoms with Crippen LogP contribution in [0.1, 0.15) is 13.8 Å². The normalized spacial score (nSPS) is 30.8. The van der Waals surface area contributed by atoms with Crippen LogP contribution in [0.5, 0.6) is 0 Å². The van der Waals surface area contributed by atoms with Crippen LogP contribution >= 0.6 is 12.6 Å². The van der Waals surface area contributed by atoms with Gasteiger partial charge in [-0.2, -0.15) is 12.6 Å². The van der Waals surface area contributed by atoms with Crippen molar-refractivity contribution in [2.75, 3.05) is 25.5 Å². The molecule has 1 aliphatic heterocycles. The molecule has 2 unspecified atom stereocenters. The van der Waals surface area contributed by atoms with E-state index in [1.807, 2.05) is 13.8 Å². The number of carbonyl (C=O) groups is 2. The third kappa shape index (κ3) is 1.66. The van der Waals surface area contributed by atoms with E-state index >= 15 is 0 Å². The zero-order valence-electron chi connectivity index (χ0n) is 9.60. The number of amides is 2. The van der Waals surface area contributed by atoms with Gasteiger partial charge in [-0.25, -0.2) is 0 Å². The van der Waals surface area contributed by atoms with Gasteiger partial charge in [0.2, 0.25) is 11.8 Å². The monoisotopic (exact) mass is 243 g/mol. The maximum Gasteiger partial charge on any atom is 0.233 e. The number of thiol groups is 1. The second kappa shape index (κ2) is 4.04. The number of fused-ring (bicyclic) bond motifs is 1. The molecule has 1 heterocycles. The minimum absolute atomic E-state index is 0.0190. The van der Waals surface area contributed by atoms with Crippen LogP contribution in [0.2, 0.25) is 0 Å². The number of hydrogen-bond acceptors (Lipinski definition) is 4. The lowest BCUT2D eigenvalue weighted by atomic mass is 10.1. The predicted molar refractivity (Wildman–Crippen MR) is 62.2 cm³/mol. The van der Waals surface area contributed by atoms with E-state index in [1.165, 1.54) is 4.90 Å². The van der Waals surface area contributed by atoms with Gasteiger partial charge in [0.15, 0.2) is 0 Å². The molecule has 2 rings (SSSR count). The Kier molecular flexibility index (Phi) is 3.01. The lowest BCUT2D eigenvalue weighted by Crippen LogP contribution is -2.38. The number of likely N-dealkylation sites (tertiary alicyclic amines) is 1. The highest BCUT2D eigenvalue weighted by Gasteiger charge is 2.72. The molecule has 1 saturated carbocycles. The Morgan fingerprint density at radius 2 is 1.81 bits per heavy atom. The molecule has 0 radical (unpaired) electrons. The Hall–Kier alpha value is -0.550. The number of imide groups is 1. The van der Waals surface area contributed by atoms with Gasteiger partial charge >= 0.3 is 0 Å². The van der Waals surface area contributed by atoms with E-state index < -0.39 is 0 Å². The van der Waals surface area contributed by atoms with Gasteiger partial charge in [-0.15, -0.1) is 0 Å². The molecule has 16 heavy (non-hydrogen) atoms. The van der Waals surface area contributed by atoms with Crippen LogP contribution in [-0.2, 0) is 14.3 Å². The summed E-state index contributed by atoms with van der Waals surface area (Å²) in [5.41, 5.74) is -0.114. The highest BCUT2D eigenvalue weighted by Crippen LogP contribution is 2.63. The van der Waals surface area contributed by atoms with Crippen LogP contribution in [0.3, 0.4) is 0 Å². The van der Waals surface area contributed by atoms with Crippen LogP contribution in [0.4, 0.5) is 0 Å². The van der Waals surface area contributed by atoms with Crippen LogP contribution in [-0.4, -0.2) is 42.2 Å². The van der Waals surface area contributed by atoms with Crippen LogP contribution in [0.25, 0.3) is 0 Å². The number of carbonyl (C=O) groups excluding carboxylic acids is 2. The average Bonchev–Trinajstić information content (AvgIpc) is 2.68. The largest absolute Gasteiger partial charge is 0.379 e. The number of nitrogens with zero attached hydrogens (tertiary/aromatic N) is 1. The third-order valence-electron chi connectivity index (χ3n) is 3.59. The Balaban J connectivity index is 1.86. The van der Waals surface area contributed by atoms with Gasteiger partial charge in [-0.05, 0) is 5.41 Å². The molecule has 1 saturated heterocycles. The molecule has 90 valence electrons. The van der Waals surface area contributed by atoms with Crippen molar-refractivity contribution in [3.8, 4) is 0 Å². The molecule has 1 aliphatic carbocycles. The van der Waals surface area contributed by atoms with Crippen molar-refractivity contribution in [2.24, 2.45) is 17.3 Å². The summed E-state index contributed by atoms with van der Waals surface area (Å²) in [5, 5.41) is 0. The van der Waals surface area contributed by atoms with Gasteiger partial charge < -0.3 is 4.74 Å². The van der Waals surface area contributed by atoms with Crippen molar-refractivity contribution in [2.45, 2.75) is 13.8 Å². The Bertz CT molecular complexity index is 305. The maximum atomic E-state index is 11.9. The second-order valence-corrected chi connectivity index (χ2v) is 5.39. The second-order valence-electron chi connectivity index (χ2n) is 4.94. The quantitative estimate of drug-likeness (QED) is 0.436. The molecular weight excluding hydrogens is 226 g/mol. The third-order valence-corrected chi connectivity index (χ3v) is 3.77. The van der Waals surface area contributed by atoms with E-state index in [2.05, 4.69) is 12.6 Å². The summed E-state index contributed by atoms with van der Waals surface area (Å²) in [4.78, 5) is 25.1. The Morgan fingerprint density at radius 3 is 2.31 bits per heavy atom. The molecule has 2 aliphatic rings. The van der Waals surface area contributed by atoms with E-state index in [0.717, 1.165) is 0 Å². The van der Waals surface area contributed by atoms with Crippen LogP contribution in [0, 0.1) is 17.3 Å². The van der Waals surface area contributed by atoms with Crippen molar-refractivity contribution in [3.05, 3.63) is 0 Å². The van der Waals surface area contributed by atoms with Crippen LogP contribution in [0.15, 0.2) is 0 Å². The molecule has 0 aromatic rings. The first-order chi connectivity index (χ1) is 7.51. The molecule has 5 heteroatoms. The fraction of sp³-hybridized carbons (Fsp3) is 0.818. The standard InChI is InChI=1S/C11H17NO3S/c1-11(2)7-8(11)10(14)12(9(7)13)3-4-15-5-6-16/h7-8,16H,3-6H2,1-2H3. The number of piperidine rings is 1. The van der Waals surface area contributed by atoms with Crippen molar-refractivity contribution < 1.29 is 14.3 Å². The molecule has 2 atom stereocenters. The van der Waals surface area contributed by atoms with Crippen LogP contribution < -0.4 is 0 Å². The highest BCUT2D eigenvalue weighted by molar-refractivity contribution is 7.80. The van der Waals surface area contributed by atoms with Crippen molar-refractivity contribution in [3.63, 3.8) is 0 Å². The SMILES string of the molecule is CC1(C)C2C(=O)N(CCOCCS)C(=O)C21. The highest BCUT2D eigenvalue weighted by atomic mass is 32.1. The van der Waals surface area contributed by atoms with Crippen molar-refractivity contribution in [1.29, 1.82) is 0 Å². The lowest BCUT2D eigenvalue weighted by Gasteiger charge is -2.20. The maximum absolute atomic E-state index is 11.9. The summed E-state index contributed by atoms with van der Waals surface area (Å²) >= 11 is 4.01. The Labute approximate surface area is 101 Å². The van der Waals surface area contributed by atoms with Gasteiger partial charge in [0.05, 0.1) is 31.6 Å². The number of hydrogen-bond donors (Lipinski definition) is 1. The van der Waals surface area contributed by atoms with Crippen molar-refractivity contribution >= 4 is 24.4 Å². The fourth-order valence-electron chi connectivity index (χ4n) is 2.55. The first-order valence-electron chi connectivity index (χ1n) is 5.55. The van der Waals surface area contributed by atoms with Gasteiger partial charge in [-0.3, -0.25) is 14.5 Å². The molecular formula is C11H17NO3S. The molecule has 2 amide bonds. The summed E-state index contributed by atoms with van der Waals surface area (Å²) in [6.07, 6.45) is 0. The summed E-state index contributed by atoms with van der Waals surface area (Å²) in [7, 11) is 0. The van der Waals surface area contributed by atoms with Gasteiger partial charge in [0, 0.05) is 5.75 Å². The topological polar surface area (TPSA) is 46.6 Å². The van der Waals surface area contributed by atoms with E-state index in [0.29, 0.717) is 25.5 Å². The van der Waals surface area contributed by atoms with E-state index in [-0.39, 0.29) is 29.1 Å². The molecule has 0 N–H and O–H groups in total. The lowest BCUT2D eigenvalue weighted by molar-refractivity contribution is -0.143. The van der Waals surface area contributed by atoms with Gasteiger partial charge in [0.1, 0.15) is 0 Å². The molecule has 0 bridgehead atoms. The molecule has 2 fully saturated rings. The minimum Gasteiger partial charge on any atom is -0.379 e. The van der Waals surface area contributed by atoms with E-state index in [4.69, 9.17) is 4.74 Å². The van der Waals surface area contributed by atoms with Gasteiger partial charge in [0.25, 0.3) is 0 Å². The summed E-state index contributed by atoms with van der Waals surface area (Å²) in [5.74, 6) is 0.457. The van der Waals surface area contributed by atoms with E-state index in [1.54, 1.807) is 0 Å². The fourth-order valence-corrected chi connectivity index (χ4v) is 2.68. The zero-order chi connectivity index (χ0) is 11.9. The summed E-state index contributed by atoms with van der Waals surface area (Å²) < 4.78 is 5.22. The average molecular weight is 243 g/mol. The van der Waals surface area contributed by atoms with Crippen molar-refractivity contribution in [1.82, 2.24) is 4.90 Å². The minimum atomic E-state index is -0.114. The number of rotatable bonds is 5. The zero-order valence-corrected chi connectivity index (χ0v) is 10.5. The Morgan fingerprint density at radius 1 is 1.25 bits per heavy atom. The van der Waals surface area contributed by atoms with Gasteiger partial charge in [-0.1, -0.05) is 13.8 Å². The predicted octanol–water partition coefficient (Wildman–Crippen LogP) is 0.574.